The second-order valence-corrected chi connectivity index (χ2v) is 11.9. The summed E-state index contributed by atoms with van der Waals surface area (Å²) in [6, 6.07) is 11.0. The van der Waals surface area contributed by atoms with Crippen LogP contribution < -0.4 is 9.64 Å². The van der Waals surface area contributed by atoms with E-state index in [0.29, 0.717) is 36.9 Å². The Morgan fingerprint density at radius 1 is 1.22 bits per heavy atom. The molecule has 2 aromatic carbocycles. The van der Waals surface area contributed by atoms with Crippen molar-refractivity contribution in [1.29, 1.82) is 0 Å². The van der Waals surface area contributed by atoms with E-state index in [0.717, 1.165) is 29.1 Å². The summed E-state index contributed by atoms with van der Waals surface area (Å²) in [5, 5.41) is 0.597. The molecular formula is C25H28FN3O5S2. The van der Waals surface area contributed by atoms with Gasteiger partial charge >= 0.3 is 0 Å². The van der Waals surface area contributed by atoms with Gasteiger partial charge in [-0.15, -0.1) is 0 Å². The van der Waals surface area contributed by atoms with Gasteiger partial charge in [0.25, 0.3) is 0 Å². The number of methoxy groups -OCH3 is 1. The van der Waals surface area contributed by atoms with Crippen molar-refractivity contribution < 1.29 is 27.1 Å². The van der Waals surface area contributed by atoms with Crippen LogP contribution in [0.5, 0.6) is 5.75 Å². The Balaban J connectivity index is 1.35. The summed E-state index contributed by atoms with van der Waals surface area (Å²) in [6.07, 6.45) is 2.48. The molecule has 2 aliphatic rings. The highest BCUT2D eigenvalue weighted by molar-refractivity contribution is 7.89. The number of anilines is 1. The first-order chi connectivity index (χ1) is 17.4. The van der Waals surface area contributed by atoms with Crippen LogP contribution in [-0.4, -0.2) is 63.1 Å². The summed E-state index contributed by atoms with van der Waals surface area (Å²) in [6.45, 7) is 1.38. The van der Waals surface area contributed by atoms with Gasteiger partial charge < -0.3 is 9.47 Å². The lowest BCUT2D eigenvalue weighted by Crippen LogP contribution is -2.46. The maximum absolute atomic E-state index is 14.2. The van der Waals surface area contributed by atoms with Gasteiger partial charge in [-0.3, -0.25) is 9.69 Å². The van der Waals surface area contributed by atoms with E-state index in [2.05, 4.69) is 0 Å². The van der Waals surface area contributed by atoms with Crippen LogP contribution in [0.1, 0.15) is 25.7 Å². The Kier molecular flexibility index (Phi) is 7.25. The van der Waals surface area contributed by atoms with Crippen LogP contribution in [0.2, 0.25) is 0 Å². The number of sulfonamides is 1. The van der Waals surface area contributed by atoms with E-state index in [1.807, 2.05) is 18.2 Å². The first kappa shape index (κ1) is 25.1. The van der Waals surface area contributed by atoms with Crippen LogP contribution >= 0.6 is 11.3 Å². The number of amides is 1. The Morgan fingerprint density at radius 2 is 2.00 bits per heavy atom. The number of halogens is 1. The molecule has 0 aliphatic carbocycles. The number of hydrogen-bond acceptors (Lipinski definition) is 7. The standard InChI is InChI=1S/C25H28FN3O5S2/c1-33-18-8-9-22-21(15-18)27-25(35-22)29(16-19-5-4-14-34-19)24(30)17-10-12-28(13-11-17)36(31,32)23-7-3-2-6-20(23)26/h2-3,6-9,15,17,19H,4-5,10-14,16H2,1H3. The number of thiazole rings is 1. The maximum atomic E-state index is 14.2. The van der Waals surface area contributed by atoms with Gasteiger partial charge in [0.2, 0.25) is 15.9 Å². The molecule has 0 saturated carbocycles. The minimum absolute atomic E-state index is 0.0583. The predicted octanol–water partition coefficient (Wildman–Crippen LogP) is 4.06. The van der Waals surface area contributed by atoms with Crippen LogP contribution in [0.3, 0.4) is 0 Å². The first-order valence-corrected chi connectivity index (χ1v) is 14.2. The van der Waals surface area contributed by atoms with Crippen LogP contribution in [-0.2, 0) is 19.6 Å². The minimum atomic E-state index is -3.97. The number of nitrogens with zero attached hydrogens (tertiary/aromatic N) is 3. The smallest absolute Gasteiger partial charge is 0.245 e. The zero-order valence-corrected chi connectivity index (χ0v) is 21.6. The van der Waals surface area contributed by atoms with Crippen molar-refractivity contribution in [3.8, 4) is 5.75 Å². The molecule has 3 aromatic rings. The molecule has 0 bridgehead atoms. The highest BCUT2D eigenvalue weighted by Gasteiger charge is 2.37. The SMILES string of the molecule is COc1ccc2sc(N(CC3CCCO3)C(=O)C3CCN(S(=O)(=O)c4ccccc4F)CC3)nc2c1. The fourth-order valence-electron chi connectivity index (χ4n) is 4.75. The van der Waals surface area contributed by atoms with E-state index >= 15 is 0 Å². The third-order valence-electron chi connectivity index (χ3n) is 6.75. The fraction of sp³-hybridized carbons (Fsp3) is 0.440. The van der Waals surface area contributed by atoms with Gasteiger partial charge in [-0.25, -0.2) is 17.8 Å². The van der Waals surface area contributed by atoms with Gasteiger partial charge in [-0.2, -0.15) is 4.31 Å². The number of fused-ring (bicyclic) bond motifs is 1. The van der Waals surface area contributed by atoms with E-state index in [1.165, 1.54) is 33.8 Å². The normalized spacial score (nSPS) is 19.6. The van der Waals surface area contributed by atoms with Crippen molar-refractivity contribution in [2.24, 2.45) is 5.92 Å². The third kappa shape index (κ3) is 4.97. The van der Waals surface area contributed by atoms with Gasteiger partial charge in [-0.1, -0.05) is 23.5 Å². The van der Waals surface area contributed by atoms with Crippen LogP contribution in [0, 0.1) is 11.7 Å². The van der Waals surface area contributed by atoms with E-state index in [1.54, 1.807) is 12.0 Å². The average Bonchev–Trinajstić information content (AvgIpc) is 3.56. The van der Waals surface area contributed by atoms with Crippen molar-refractivity contribution >= 4 is 42.6 Å². The molecule has 11 heteroatoms. The minimum Gasteiger partial charge on any atom is -0.497 e. The average molecular weight is 534 g/mol. The molecule has 36 heavy (non-hydrogen) atoms. The molecule has 1 aromatic heterocycles. The van der Waals surface area contributed by atoms with Gasteiger partial charge in [0.15, 0.2) is 5.13 Å². The molecule has 0 spiro atoms. The molecule has 2 aliphatic heterocycles. The predicted molar refractivity (Wildman–Crippen MR) is 135 cm³/mol. The van der Waals surface area contributed by atoms with Gasteiger partial charge in [0, 0.05) is 31.7 Å². The number of rotatable bonds is 7. The van der Waals surface area contributed by atoms with Gasteiger partial charge in [0.05, 0.1) is 30.0 Å². The summed E-state index contributed by atoms with van der Waals surface area (Å²) in [4.78, 5) is 19.8. The second-order valence-electron chi connectivity index (χ2n) is 9.02. The molecule has 3 heterocycles. The summed E-state index contributed by atoms with van der Waals surface area (Å²) in [5.74, 6) is -0.523. The molecule has 1 amide bonds. The monoisotopic (exact) mass is 533 g/mol. The molecular weight excluding hydrogens is 505 g/mol. The molecule has 2 saturated heterocycles. The number of ether oxygens (including phenoxy) is 2. The largest absolute Gasteiger partial charge is 0.497 e. The highest BCUT2D eigenvalue weighted by Crippen LogP contribution is 2.34. The lowest BCUT2D eigenvalue weighted by atomic mass is 9.96. The summed E-state index contributed by atoms with van der Waals surface area (Å²) in [5.41, 5.74) is 0.755. The van der Waals surface area contributed by atoms with E-state index in [-0.39, 0.29) is 35.9 Å². The fourth-order valence-corrected chi connectivity index (χ4v) is 7.24. The molecule has 8 nitrogen and oxygen atoms in total. The zero-order valence-electron chi connectivity index (χ0n) is 19.9. The van der Waals surface area contributed by atoms with Crippen LogP contribution in [0.15, 0.2) is 47.4 Å². The van der Waals surface area contributed by atoms with E-state index < -0.39 is 15.8 Å². The van der Waals surface area contributed by atoms with Crippen molar-refractivity contribution in [2.75, 3.05) is 38.3 Å². The lowest BCUT2D eigenvalue weighted by Gasteiger charge is -2.33. The highest BCUT2D eigenvalue weighted by atomic mass is 32.2. The topological polar surface area (TPSA) is 89.0 Å². The van der Waals surface area contributed by atoms with Crippen molar-refractivity contribution in [2.45, 2.75) is 36.7 Å². The Bertz CT molecular complexity index is 1350. The summed E-state index contributed by atoms with van der Waals surface area (Å²) < 4.78 is 53.5. The van der Waals surface area contributed by atoms with Crippen LogP contribution in [0.4, 0.5) is 9.52 Å². The summed E-state index contributed by atoms with van der Waals surface area (Å²) >= 11 is 1.44. The Hall–Kier alpha value is -2.60. The molecule has 0 N–H and O–H groups in total. The quantitative estimate of drug-likeness (QED) is 0.455. The maximum Gasteiger partial charge on any atom is 0.245 e. The van der Waals surface area contributed by atoms with Crippen molar-refractivity contribution in [3.05, 3.63) is 48.3 Å². The number of carbonyl (C=O) groups is 1. The van der Waals surface area contributed by atoms with E-state index in [9.17, 15) is 17.6 Å². The van der Waals surface area contributed by atoms with Gasteiger partial charge in [-0.05, 0) is 49.9 Å². The number of benzene rings is 2. The van der Waals surface area contributed by atoms with E-state index in [4.69, 9.17) is 14.5 Å². The number of hydrogen-bond donors (Lipinski definition) is 0. The van der Waals surface area contributed by atoms with Crippen molar-refractivity contribution in [3.63, 3.8) is 0 Å². The molecule has 1 unspecified atom stereocenters. The summed E-state index contributed by atoms with van der Waals surface area (Å²) in [7, 11) is -2.37. The molecule has 2 fully saturated rings. The Morgan fingerprint density at radius 3 is 2.69 bits per heavy atom. The number of piperidine rings is 1. The molecule has 192 valence electrons. The molecule has 5 rings (SSSR count). The molecule has 0 radical (unpaired) electrons. The van der Waals surface area contributed by atoms with Gasteiger partial charge in [0.1, 0.15) is 16.5 Å². The zero-order chi connectivity index (χ0) is 25.3. The second kappa shape index (κ2) is 10.4. The number of carbonyl (C=O) groups excluding carboxylic acids is 1. The number of aromatic nitrogens is 1. The Labute approximate surface area is 213 Å². The third-order valence-corrected chi connectivity index (χ3v) is 9.74. The van der Waals surface area contributed by atoms with Crippen molar-refractivity contribution in [1.82, 2.24) is 9.29 Å². The molecule has 1 atom stereocenters. The lowest BCUT2D eigenvalue weighted by molar-refractivity contribution is -0.123. The first-order valence-electron chi connectivity index (χ1n) is 12.0. The van der Waals surface area contributed by atoms with Crippen LogP contribution in [0.25, 0.3) is 10.2 Å².